The molecular formula is C19H26N2O2. The molecule has 1 amide bonds. The highest BCUT2D eigenvalue weighted by atomic mass is 16.5. The molecule has 2 atom stereocenters. The van der Waals surface area contributed by atoms with E-state index in [0.717, 1.165) is 58.7 Å². The predicted octanol–water partition coefficient (Wildman–Crippen LogP) is 2.15. The largest absolute Gasteiger partial charge is 0.381 e. The second kappa shape index (κ2) is 6.62. The van der Waals surface area contributed by atoms with Gasteiger partial charge in [0.1, 0.15) is 0 Å². The zero-order valence-electron chi connectivity index (χ0n) is 13.7. The summed E-state index contributed by atoms with van der Waals surface area (Å²) >= 11 is 0. The van der Waals surface area contributed by atoms with Crippen LogP contribution in [0.3, 0.4) is 0 Å². The second-order valence-electron chi connectivity index (χ2n) is 7.28. The van der Waals surface area contributed by atoms with E-state index in [4.69, 9.17) is 4.74 Å². The van der Waals surface area contributed by atoms with E-state index >= 15 is 0 Å². The van der Waals surface area contributed by atoms with Gasteiger partial charge in [0.15, 0.2) is 0 Å². The number of fused-ring (bicyclic) bond motifs is 1. The average molecular weight is 314 g/mol. The van der Waals surface area contributed by atoms with Crippen molar-refractivity contribution in [1.29, 1.82) is 0 Å². The lowest BCUT2D eigenvalue weighted by atomic mass is 9.88. The molecule has 23 heavy (non-hydrogen) atoms. The number of piperidine rings is 1. The van der Waals surface area contributed by atoms with Gasteiger partial charge in [-0.05, 0) is 30.2 Å². The van der Waals surface area contributed by atoms with E-state index in [1.807, 2.05) is 6.07 Å². The van der Waals surface area contributed by atoms with Crippen LogP contribution in [-0.2, 0) is 16.1 Å². The Labute approximate surface area is 138 Å². The molecule has 3 fully saturated rings. The molecule has 1 aromatic rings. The van der Waals surface area contributed by atoms with Gasteiger partial charge in [-0.15, -0.1) is 0 Å². The summed E-state index contributed by atoms with van der Waals surface area (Å²) in [5.74, 6) is 1.56. The summed E-state index contributed by atoms with van der Waals surface area (Å²) in [7, 11) is 0. The van der Waals surface area contributed by atoms with Crippen LogP contribution in [0.15, 0.2) is 30.3 Å². The number of ether oxygens (including phenoxy) is 1. The number of amides is 1. The topological polar surface area (TPSA) is 32.8 Å². The minimum Gasteiger partial charge on any atom is -0.381 e. The number of hydrogen-bond donors (Lipinski definition) is 0. The van der Waals surface area contributed by atoms with Gasteiger partial charge in [-0.1, -0.05) is 30.3 Å². The van der Waals surface area contributed by atoms with E-state index in [1.165, 1.54) is 5.56 Å². The van der Waals surface area contributed by atoms with Crippen molar-refractivity contribution in [2.24, 2.45) is 11.8 Å². The number of carbonyl (C=O) groups is 1. The minimum atomic E-state index is 0.337. The van der Waals surface area contributed by atoms with Gasteiger partial charge in [-0.3, -0.25) is 9.69 Å². The third-order valence-corrected chi connectivity index (χ3v) is 5.77. The van der Waals surface area contributed by atoms with Crippen molar-refractivity contribution in [2.45, 2.75) is 31.8 Å². The Hall–Kier alpha value is -1.39. The molecule has 3 aliphatic heterocycles. The fraction of sp³-hybridized carbons (Fsp3) is 0.632. The Kier molecular flexibility index (Phi) is 4.36. The predicted molar refractivity (Wildman–Crippen MR) is 88.9 cm³/mol. The molecule has 4 rings (SSSR count). The number of hydrogen-bond acceptors (Lipinski definition) is 3. The molecule has 0 radical (unpaired) electrons. The van der Waals surface area contributed by atoms with Crippen molar-refractivity contribution in [3.63, 3.8) is 0 Å². The number of nitrogens with zero attached hydrogens (tertiary/aromatic N) is 2. The molecule has 4 heteroatoms. The molecular weight excluding hydrogens is 288 g/mol. The van der Waals surface area contributed by atoms with Crippen molar-refractivity contribution in [3.05, 3.63) is 35.9 Å². The number of rotatable bonds is 3. The fourth-order valence-corrected chi connectivity index (χ4v) is 4.46. The molecule has 3 heterocycles. The highest BCUT2D eigenvalue weighted by molar-refractivity contribution is 5.77. The summed E-state index contributed by atoms with van der Waals surface area (Å²) in [4.78, 5) is 17.2. The van der Waals surface area contributed by atoms with Crippen LogP contribution in [0.1, 0.15) is 24.8 Å². The number of benzene rings is 1. The van der Waals surface area contributed by atoms with Crippen molar-refractivity contribution in [2.75, 3.05) is 32.8 Å². The normalized spacial score (nSPS) is 29.7. The molecule has 0 unspecified atom stereocenters. The van der Waals surface area contributed by atoms with Gasteiger partial charge in [0.25, 0.3) is 0 Å². The molecule has 0 bridgehead atoms. The van der Waals surface area contributed by atoms with E-state index in [9.17, 15) is 4.79 Å². The smallest absolute Gasteiger partial charge is 0.223 e. The molecule has 4 nitrogen and oxygen atoms in total. The average Bonchev–Trinajstić information content (AvgIpc) is 3.00. The lowest BCUT2D eigenvalue weighted by molar-refractivity contribution is -0.136. The van der Waals surface area contributed by atoms with Crippen LogP contribution in [0.2, 0.25) is 0 Å². The first kappa shape index (κ1) is 15.2. The summed E-state index contributed by atoms with van der Waals surface area (Å²) in [6.45, 7) is 5.76. The number of likely N-dealkylation sites (tertiary alicyclic amines) is 2. The maximum absolute atomic E-state index is 12.5. The second-order valence-corrected chi connectivity index (χ2v) is 7.28. The van der Waals surface area contributed by atoms with Crippen molar-refractivity contribution >= 4 is 5.91 Å². The fourth-order valence-electron chi connectivity index (χ4n) is 4.46. The summed E-state index contributed by atoms with van der Waals surface area (Å²) in [5.41, 5.74) is 1.23. The first-order valence-corrected chi connectivity index (χ1v) is 8.93. The molecule has 3 saturated heterocycles. The Morgan fingerprint density at radius 1 is 1.00 bits per heavy atom. The summed E-state index contributed by atoms with van der Waals surface area (Å²) in [6.07, 6.45) is 3.04. The first-order valence-electron chi connectivity index (χ1n) is 8.93. The van der Waals surface area contributed by atoms with Crippen LogP contribution in [0, 0.1) is 11.8 Å². The summed E-state index contributed by atoms with van der Waals surface area (Å²) < 4.78 is 5.49. The van der Waals surface area contributed by atoms with Crippen LogP contribution >= 0.6 is 0 Å². The van der Waals surface area contributed by atoms with E-state index in [-0.39, 0.29) is 0 Å². The number of carbonyl (C=O) groups excluding carboxylic acids is 1. The van der Waals surface area contributed by atoms with Crippen molar-refractivity contribution < 1.29 is 9.53 Å². The lowest BCUT2D eigenvalue weighted by Gasteiger charge is -2.34. The van der Waals surface area contributed by atoms with Gasteiger partial charge >= 0.3 is 0 Å². The van der Waals surface area contributed by atoms with Crippen molar-refractivity contribution in [1.82, 2.24) is 9.80 Å². The van der Waals surface area contributed by atoms with Crippen LogP contribution in [0.25, 0.3) is 0 Å². The zero-order valence-corrected chi connectivity index (χ0v) is 13.7. The molecule has 0 spiro atoms. The summed E-state index contributed by atoms with van der Waals surface area (Å²) in [5, 5.41) is 0. The van der Waals surface area contributed by atoms with Crippen LogP contribution in [0.5, 0.6) is 0 Å². The molecule has 0 saturated carbocycles. The van der Waals surface area contributed by atoms with Crippen LogP contribution in [0.4, 0.5) is 0 Å². The van der Waals surface area contributed by atoms with E-state index < -0.39 is 0 Å². The molecule has 0 N–H and O–H groups in total. The summed E-state index contributed by atoms with van der Waals surface area (Å²) in [6, 6.07) is 11.0. The Balaban J connectivity index is 1.39. The quantitative estimate of drug-likeness (QED) is 0.857. The minimum absolute atomic E-state index is 0.337. The third-order valence-electron chi connectivity index (χ3n) is 5.77. The van der Waals surface area contributed by atoms with Crippen LogP contribution in [-0.4, -0.2) is 54.6 Å². The molecule has 3 aliphatic rings. The SMILES string of the molecule is O=C1C[C@H]2CN(C3CCOCC3)C[C@H]2CN1Cc1ccccc1. The van der Waals surface area contributed by atoms with E-state index in [0.29, 0.717) is 23.8 Å². The van der Waals surface area contributed by atoms with Gasteiger partial charge in [0.05, 0.1) is 0 Å². The van der Waals surface area contributed by atoms with Gasteiger partial charge in [0, 0.05) is 51.9 Å². The molecule has 124 valence electrons. The highest BCUT2D eigenvalue weighted by Crippen LogP contribution is 2.34. The zero-order chi connectivity index (χ0) is 15.6. The van der Waals surface area contributed by atoms with Crippen molar-refractivity contribution in [3.8, 4) is 0 Å². The highest BCUT2D eigenvalue weighted by Gasteiger charge is 2.42. The third kappa shape index (κ3) is 3.29. The maximum Gasteiger partial charge on any atom is 0.223 e. The lowest BCUT2D eigenvalue weighted by Crippen LogP contribution is -2.43. The Bertz CT molecular complexity index is 542. The standard InChI is InChI=1S/C19H26N2O2/c22-19-10-16-12-20(18-6-8-23-9-7-18)13-17(16)14-21(19)11-15-4-2-1-3-5-15/h1-5,16-18H,6-14H2/t16-,17-/m0/s1. The van der Waals surface area contributed by atoms with Gasteiger partial charge in [-0.2, -0.15) is 0 Å². The van der Waals surface area contributed by atoms with Gasteiger partial charge in [-0.25, -0.2) is 0 Å². The monoisotopic (exact) mass is 314 g/mol. The van der Waals surface area contributed by atoms with Gasteiger partial charge < -0.3 is 9.64 Å². The first-order chi connectivity index (χ1) is 11.3. The molecule has 0 aromatic heterocycles. The van der Waals surface area contributed by atoms with Gasteiger partial charge in [0.2, 0.25) is 5.91 Å². The Morgan fingerprint density at radius 2 is 1.74 bits per heavy atom. The van der Waals surface area contributed by atoms with E-state index in [2.05, 4.69) is 34.1 Å². The maximum atomic E-state index is 12.5. The molecule has 0 aliphatic carbocycles. The molecule has 1 aromatic carbocycles. The van der Waals surface area contributed by atoms with Crippen LogP contribution < -0.4 is 0 Å². The van der Waals surface area contributed by atoms with E-state index in [1.54, 1.807) is 0 Å². The Morgan fingerprint density at radius 3 is 2.52 bits per heavy atom.